The number of nitrogens with zero attached hydrogens (tertiary/aromatic N) is 3. The highest BCUT2D eigenvalue weighted by Gasteiger charge is 2.08. The Morgan fingerprint density at radius 1 is 1.16 bits per heavy atom. The summed E-state index contributed by atoms with van der Waals surface area (Å²) in [5.41, 5.74) is 3.03. The first kappa shape index (κ1) is 16.9. The number of benzene rings is 2. The van der Waals surface area contributed by atoms with Gasteiger partial charge in [0.05, 0.1) is 13.3 Å². The summed E-state index contributed by atoms with van der Waals surface area (Å²) in [4.78, 5) is 0. The number of aromatic nitrogens is 3. The zero-order chi connectivity index (χ0) is 17.6. The van der Waals surface area contributed by atoms with Gasteiger partial charge in [0.15, 0.2) is 5.82 Å². The van der Waals surface area contributed by atoms with Gasteiger partial charge in [0.1, 0.15) is 5.75 Å². The molecule has 0 spiro atoms. The number of hydrogen-bond acceptors (Lipinski definition) is 4. The largest absolute Gasteiger partial charge is 0.497 e. The molecule has 0 aliphatic carbocycles. The van der Waals surface area contributed by atoms with Gasteiger partial charge in [-0.1, -0.05) is 36.4 Å². The van der Waals surface area contributed by atoms with Crippen LogP contribution in [-0.4, -0.2) is 28.2 Å². The fourth-order valence-electron chi connectivity index (χ4n) is 2.32. The molecular formula is C19H18N4OS. The number of rotatable bonds is 5. The number of nitrogens with one attached hydrogen (secondary N) is 1. The lowest BCUT2D eigenvalue weighted by molar-refractivity contribution is 0.415. The summed E-state index contributed by atoms with van der Waals surface area (Å²) < 4.78 is 7.23. The summed E-state index contributed by atoms with van der Waals surface area (Å²) in [7, 11) is 1.64. The number of H-pyrrole nitrogens is 1. The molecule has 0 unspecified atom stereocenters. The van der Waals surface area contributed by atoms with Gasteiger partial charge in [-0.2, -0.15) is 14.9 Å². The molecule has 3 aromatic rings. The van der Waals surface area contributed by atoms with E-state index in [1.54, 1.807) is 18.0 Å². The van der Waals surface area contributed by atoms with Crippen LogP contribution in [0, 0.1) is 4.77 Å². The van der Waals surface area contributed by atoms with Crippen LogP contribution in [-0.2, 0) is 0 Å². The maximum Gasteiger partial charge on any atom is 0.216 e. The van der Waals surface area contributed by atoms with Crippen LogP contribution in [0.4, 0.5) is 0 Å². The molecule has 0 amide bonds. The number of ether oxygens (including phenoxy) is 1. The van der Waals surface area contributed by atoms with Gasteiger partial charge in [-0.05, 0) is 54.5 Å². The SMILES string of the molecule is COc1ccc(-c2n[nH]c(=S)n2/N=C\C(C)=C\c2ccccc2)cc1. The zero-order valence-electron chi connectivity index (χ0n) is 14.0. The normalized spacial score (nSPS) is 11.8. The van der Waals surface area contributed by atoms with Gasteiger partial charge < -0.3 is 4.74 Å². The quantitative estimate of drug-likeness (QED) is 0.542. The van der Waals surface area contributed by atoms with Crippen molar-refractivity contribution in [3.63, 3.8) is 0 Å². The molecule has 25 heavy (non-hydrogen) atoms. The van der Waals surface area contributed by atoms with Gasteiger partial charge in [0.25, 0.3) is 0 Å². The van der Waals surface area contributed by atoms with Gasteiger partial charge in [0.2, 0.25) is 4.77 Å². The average Bonchev–Trinajstić information content (AvgIpc) is 3.01. The smallest absolute Gasteiger partial charge is 0.216 e. The number of methoxy groups -OCH3 is 1. The summed E-state index contributed by atoms with van der Waals surface area (Å²) in [6.45, 7) is 1.99. The number of aromatic amines is 1. The molecule has 6 heteroatoms. The molecular weight excluding hydrogens is 332 g/mol. The molecule has 3 rings (SSSR count). The number of allylic oxidation sites excluding steroid dienone is 1. The van der Waals surface area contributed by atoms with E-state index in [1.807, 2.05) is 61.5 Å². The molecule has 0 radical (unpaired) electrons. The molecule has 0 atom stereocenters. The van der Waals surface area contributed by atoms with Crippen LogP contribution in [0.1, 0.15) is 12.5 Å². The molecule has 1 aromatic heterocycles. The van der Waals surface area contributed by atoms with Crippen LogP contribution in [0.2, 0.25) is 0 Å². The van der Waals surface area contributed by atoms with Crippen molar-refractivity contribution in [1.29, 1.82) is 0 Å². The predicted octanol–water partition coefficient (Wildman–Crippen LogP) is 4.55. The monoisotopic (exact) mass is 350 g/mol. The minimum absolute atomic E-state index is 0.439. The van der Waals surface area contributed by atoms with Crippen LogP contribution in [0.3, 0.4) is 0 Å². The highest BCUT2D eigenvalue weighted by atomic mass is 32.1. The molecule has 0 fully saturated rings. The minimum Gasteiger partial charge on any atom is -0.497 e. The van der Waals surface area contributed by atoms with Crippen molar-refractivity contribution in [3.8, 4) is 17.1 Å². The Bertz CT molecular complexity index is 953. The Morgan fingerprint density at radius 3 is 2.56 bits per heavy atom. The maximum absolute atomic E-state index is 5.29. The van der Waals surface area contributed by atoms with E-state index in [0.717, 1.165) is 22.4 Å². The lowest BCUT2D eigenvalue weighted by atomic mass is 10.1. The van der Waals surface area contributed by atoms with Crippen molar-refractivity contribution in [2.45, 2.75) is 6.92 Å². The molecule has 0 bridgehead atoms. The van der Waals surface area contributed by atoms with Crippen molar-refractivity contribution >= 4 is 24.5 Å². The second-order valence-corrected chi connectivity index (χ2v) is 5.82. The fraction of sp³-hybridized carbons (Fsp3) is 0.105. The van der Waals surface area contributed by atoms with E-state index in [-0.39, 0.29) is 0 Å². The molecule has 5 nitrogen and oxygen atoms in total. The third kappa shape index (κ3) is 4.10. The third-order valence-corrected chi connectivity index (χ3v) is 3.83. The van der Waals surface area contributed by atoms with Crippen molar-refractivity contribution in [1.82, 2.24) is 14.9 Å². The molecule has 1 N–H and O–H groups in total. The Morgan fingerprint density at radius 2 is 1.88 bits per heavy atom. The zero-order valence-corrected chi connectivity index (χ0v) is 14.8. The van der Waals surface area contributed by atoms with Crippen LogP contribution in [0.25, 0.3) is 17.5 Å². The highest BCUT2D eigenvalue weighted by molar-refractivity contribution is 7.71. The molecule has 0 saturated carbocycles. The first-order valence-corrected chi connectivity index (χ1v) is 8.18. The average molecular weight is 350 g/mol. The summed E-state index contributed by atoms with van der Waals surface area (Å²) >= 11 is 5.29. The molecule has 0 aliphatic rings. The van der Waals surface area contributed by atoms with E-state index in [4.69, 9.17) is 17.0 Å². The van der Waals surface area contributed by atoms with E-state index >= 15 is 0 Å². The van der Waals surface area contributed by atoms with Crippen molar-refractivity contribution in [3.05, 3.63) is 70.5 Å². The Kier molecular flexibility index (Phi) is 5.20. The van der Waals surface area contributed by atoms with Gasteiger partial charge in [0, 0.05) is 5.56 Å². The third-order valence-electron chi connectivity index (χ3n) is 3.57. The lowest BCUT2D eigenvalue weighted by Crippen LogP contribution is -1.95. The van der Waals surface area contributed by atoms with Gasteiger partial charge in [-0.25, -0.2) is 5.10 Å². The first-order chi connectivity index (χ1) is 12.2. The van der Waals surface area contributed by atoms with E-state index in [9.17, 15) is 0 Å². The van der Waals surface area contributed by atoms with Crippen LogP contribution >= 0.6 is 12.2 Å². The lowest BCUT2D eigenvalue weighted by Gasteiger charge is -2.03. The number of hydrogen-bond donors (Lipinski definition) is 1. The second kappa shape index (κ2) is 7.72. The topological polar surface area (TPSA) is 55.2 Å². The summed E-state index contributed by atoms with van der Waals surface area (Å²) in [6.07, 6.45) is 3.82. The predicted molar refractivity (Wildman–Crippen MR) is 103 cm³/mol. The molecule has 2 aromatic carbocycles. The fourth-order valence-corrected chi connectivity index (χ4v) is 2.50. The first-order valence-electron chi connectivity index (χ1n) is 7.77. The van der Waals surface area contributed by atoms with Crippen LogP contribution < -0.4 is 4.74 Å². The molecule has 126 valence electrons. The molecule has 0 aliphatic heterocycles. The summed E-state index contributed by atoms with van der Waals surface area (Å²) in [6, 6.07) is 17.7. The maximum atomic E-state index is 5.29. The molecule has 0 saturated heterocycles. The van der Waals surface area contributed by atoms with Gasteiger partial charge in [-0.15, -0.1) is 0 Å². The van der Waals surface area contributed by atoms with E-state index in [2.05, 4.69) is 21.4 Å². The highest BCUT2D eigenvalue weighted by Crippen LogP contribution is 2.20. The van der Waals surface area contributed by atoms with Gasteiger partial charge >= 0.3 is 0 Å². The van der Waals surface area contributed by atoms with E-state index in [0.29, 0.717) is 10.6 Å². The summed E-state index contributed by atoms with van der Waals surface area (Å²) in [5, 5.41) is 11.5. The second-order valence-electron chi connectivity index (χ2n) is 5.44. The van der Waals surface area contributed by atoms with Crippen molar-refractivity contribution in [2.75, 3.05) is 7.11 Å². The van der Waals surface area contributed by atoms with Crippen molar-refractivity contribution in [2.24, 2.45) is 5.10 Å². The minimum atomic E-state index is 0.439. The van der Waals surface area contributed by atoms with Crippen LogP contribution in [0.15, 0.2) is 65.3 Å². The standard InChI is InChI=1S/C19H18N4OS/c1-14(12-15-6-4-3-5-7-15)13-20-23-18(21-22-19(23)25)16-8-10-17(24-2)11-9-16/h3-13H,1-2H3,(H,22,25)/b14-12+,20-13-. The Hall–Kier alpha value is -2.99. The Labute approximate surface area is 151 Å². The van der Waals surface area contributed by atoms with Crippen LogP contribution in [0.5, 0.6) is 5.75 Å². The van der Waals surface area contributed by atoms with E-state index < -0.39 is 0 Å². The summed E-state index contributed by atoms with van der Waals surface area (Å²) in [5.74, 6) is 1.44. The van der Waals surface area contributed by atoms with Crippen molar-refractivity contribution < 1.29 is 4.74 Å². The molecule has 1 heterocycles. The Balaban J connectivity index is 1.89. The van der Waals surface area contributed by atoms with E-state index in [1.165, 1.54) is 0 Å². The van der Waals surface area contributed by atoms with Gasteiger partial charge in [-0.3, -0.25) is 0 Å².